The highest BCUT2D eigenvalue weighted by Crippen LogP contribution is 2.33. The third-order valence-electron chi connectivity index (χ3n) is 4.68. The molecular weight excluding hydrogens is 254 g/mol. The van der Waals surface area contributed by atoms with E-state index in [-0.39, 0.29) is 5.91 Å². The average molecular weight is 277 g/mol. The van der Waals surface area contributed by atoms with E-state index in [4.69, 9.17) is 0 Å². The molecule has 1 N–H and O–H groups in total. The van der Waals surface area contributed by atoms with Gasteiger partial charge in [-0.05, 0) is 49.7 Å². The maximum atomic E-state index is 12.3. The number of hydrogen-bond donors (Lipinski definition) is 1. The first-order chi connectivity index (χ1) is 9.26. The van der Waals surface area contributed by atoms with Crippen molar-refractivity contribution in [2.45, 2.75) is 64.3 Å². The molecule has 104 valence electrons. The zero-order valence-corrected chi connectivity index (χ0v) is 12.5. The molecule has 3 rings (SSSR count). The Morgan fingerprint density at radius 2 is 2.16 bits per heavy atom. The van der Waals surface area contributed by atoms with Crippen LogP contribution >= 0.6 is 11.3 Å². The molecule has 1 aromatic rings. The summed E-state index contributed by atoms with van der Waals surface area (Å²) >= 11 is 1.73. The summed E-state index contributed by atoms with van der Waals surface area (Å²) in [5.74, 6) is 0.993. The standard InChI is InChI=1S/C16H23NOS/c1-2-11-7-8-14-12(9-11)10-15(19-14)16(18)17-13-5-3-4-6-13/h10-11,13H,2-9H2,1H3,(H,17,18)/t11-/m0/s1. The van der Waals surface area contributed by atoms with Gasteiger partial charge >= 0.3 is 0 Å². The predicted molar refractivity (Wildman–Crippen MR) is 79.8 cm³/mol. The molecule has 0 bridgehead atoms. The Balaban J connectivity index is 1.68. The molecule has 2 aliphatic carbocycles. The van der Waals surface area contributed by atoms with Crippen molar-refractivity contribution >= 4 is 17.2 Å². The minimum absolute atomic E-state index is 0.166. The Hall–Kier alpha value is -0.830. The minimum Gasteiger partial charge on any atom is -0.349 e. The zero-order valence-electron chi connectivity index (χ0n) is 11.7. The van der Waals surface area contributed by atoms with E-state index in [9.17, 15) is 4.79 Å². The van der Waals surface area contributed by atoms with E-state index in [2.05, 4.69) is 18.3 Å². The van der Waals surface area contributed by atoms with E-state index in [1.807, 2.05) is 0 Å². The number of fused-ring (bicyclic) bond motifs is 1. The second kappa shape index (κ2) is 5.66. The van der Waals surface area contributed by atoms with Crippen molar-refractivity contribution in [3.05, 3.63) is 21.4 Å². The lowest BCUT2D eigenvalue weighted by Gasteiger charge is -2.19. The van der Waals surface area contributed by atoms with Gasteiger partial charge in [-0.25, -0.2) is 0 Å². The van der Waals surface area contributed by atoms with Crippen molar-refractivity contribution in [2.24, 2.45) is 5.92 Å². The summed E-state index contributed by atoms with van der Waals surface area (Å²) < 4.78 is 0. The first-order valence-corrected chi connectivity index (χ1v) is 8.50. The fourth-order valence-electron chi connectivity index (χ4n) is 3.39. The van der Waals surface area contributed by atoms with Gasteiger partial charge in [0, 0.05) is 10.9 Å². The van der Waals surface area contributed by atoms with E-state index >= 15 is 0 Å². The van der Waals surface area contributed by atoms with E-state index in [1.165, 1.54) is 49.0 Å². The number of carbonyl (C=O) groups excluding carboxylic acids is 1. The van der Waals surface area contributed by atoms with Gasteiger partial charge in [-0.15, -0.1) is 11.3 Å². The molecule has 3 heteroatoms. The van der Waals surface area contributed by atoms with Gasteiger partial charge in [-0.1, -0.05) is 26.2 Å². The first kappa shape index (κ1) is 13.2. The Morgan fingerprint density at radius 1 is 1.37 bits per heavy atom. The molecule has 1 fully saturated rings. The summed E-state index contributed by atoms with van der Waals surface area (Å²) in [6.45, 7) is 2.27. The molecule has 0 aromatic carbocycles. The summed E-state index contributed by atoms with van der Waals surface area (Å²) in [4.78, 5) is 14.7. The van der Waals surface area contributed by atoms with Crippen molar-refractivity contribution in [1.82, 2.24) is 5.32 Å². The van der Waals surface area contributed by atoms with Gasteiger partial charge in [0.05, 0.1) is 4.88 Å². The van der Waals surface area contributed by atoms with Crippen LogP contribution in [-0.2, 0) is 12.8 Å². The van der Waals surface area contributed by atoms with Crippen LogP contribution in [0.1, 0.15) is 65.6 Å². The topological polar surface area (TPSA) is 29.1 Å². The molecule has 1 aromatic heterocycles. The monoisotopic (exact) mass is 277 g/mol. The van der Waals surface area contributed by atoms with Crippen LogP contribution in [-0.4, -0.2) is 11.9 Å². The number of thiophene rings is 1. The van der Waals surface area contributed by atoms with Gasteiger partial charge in [0.2, 0.25) is 0 Å². The van der Waals surface area contributed by atoms with Crippen LogP contribution in [0.3, 0.4) is 0 Å². The van der Waals surface area contributed by atoms with Crippen LogP contribution in [0.5, 0.6) is 0 Å². The van der Waals surface area contributed by atoms with Crippen molar-refractivity contribution in [3.8, 4) is 0 Å². The molecule has 19 heavy (non-hydrogen) atoms. The molecule has 2 aliphatic rings. The fraction of sp³-hybridized carbons (Fsp3) is 0.688. The van der Waals surface area contributed by atoms with Crippen molar-refractivity contribution in [1.29, 1.82) is 0 Å². The van der Waals surface area contributed by atoms with Gasteiger partial charge in [-0.2, -0.15) is 0 Å². The lowest BCUT2D eigenvalue weighted by Crippen LogP contribution is -2.31. The Kier molecular flexibility index (Phi) is 3.92. The second-order valence-corrected chi connectivity index (χ2v) is 7.17. The highest BCUT2D eigenvalue weighted by Gasteiger charge is 2.23. The number of carbonyl (C=O) groups is 1. The summed E-state index contributed by atoms with van der Waals surface area (Å²) in [5.41, 5.74) is 1.44. The van der Waals surface area contributed by atoms with Crippen LogP contribution in [0.25, 0.3) is 0 Å². The predicted octanol–water partition coefficient (Wildman–Crippen LogP) is 3.94. The Morgan fingerprint density at radius 3 is 2.89 bits per heavy atom. The Labute approximate surface area is 119 Å². The number of amides is 1. The largest absolute Gasteiger partial charge is 0.349 e. The molecule has 0 saturated heterocycles. The minimum atomic E-state index is 0.166. The van der Waals surface area contributed by atoms with Crippen molar-refractivity contribution in [3.63, 3.8) is 0 Å². The third kappa shape index (κ3) is 2.86. The van der Waals surface area contributed by atoms with E-state index in [0.717, 1.165) is 23.6 Å². The molecule has 1 saturated carbocycles. The SMILES string of the molecule is CC[C@H]1CCc2sc(C(=O)NC3CCCC3)cc2C1. The Bertz CT molecular complexity index is 459. The van der Waals surface area contributed by atoms with Crippen LogP contribution < -0.4 is 5.32 Å². The maximum absolute atomic E-state index is 12.3. The third-order valence-corrected chi connectivity index (χ3v) is 5.91. The second-order valence-electron chi connectivity index (χ2n) is 6.03. The molecule has 0 spiro atoms. The number of nitrogens with one attached hydrogen (secondary N) is 1. The fourth-order valence-corrected chi connectivity index (χ4v) is 4.50. The number of rotatable bonds is 3. The molecule has 1 heterocycles. The summed E-state index contributed by atoms with van der Waals surface area (Å²) in [5, 5.41) is 3.20. The summed E-state index contributed by atoms with van der Waals surface area (Å²) in [6, 6.07) is 2.58. The zero-order chi connectivity index (χ0) is 13.2. The van der Waals surface area contributed by atoms with E-state index < -0.39 is 0 Å². The molecule has 0 unspecified atom stereocenters. The highest BCUT2D eigenvalue weighted by molar-refractivity contribution is 7.14. The van der Waals surface area contributed by atoms with Crippen LogP contribution in [0.4, 0.5) is 0 Å². The van der Waals surface area contributed by atoms with E-state index in [0.29, 0.717) is 6.04 Å². The van der Waals surface area contributed by atoms with Crippen LogP contribution in [0, 0.1) is 5.92 Å². The van der Waals surface area contributed by atoms with Crippen molar-refractivity contribution in [2.75, 3.05) is 0 Å². The van der Waals surface area contributed by atoms with Gasteiger partial charge in [0.1, 0.15) is 0 Å². The number of hydrogen-bond acceptors (Lipinski definition) is 2. The first-order valence-electron chi connectivity index (χ1n) is 7.68. The van der Waals surface area contributed by atoms with Crippen molar-refractivity contribution < 1.29 is 4.79 Å². The van der Waals surface area contributed by atoms with Gasteiger partial charge in [0.25, 0.3) is 5.91 Å². The lowest BCUT2D eigenvalue weighted by atomic mass is 9.87. The van der Waals surface area contributed by atoms with Crippen LogP contribution in [0.15, 0.2) is 6.07 Å². The lowest BCUT2D eigenvalue weighted by molar-refractivity contribution is 0.0942. The molecule has 2 nitrogen and oxygen atoms in total. The number of aryl methyl sites for hydroxylation is 1. The summed E-state index contributed by atoms with van der Waals surface area (Å²) in [6.07, 6.45) is 9.78. The average Bonchev–Trinajstić information content (AvgIpc) is 3.05. The quantitative estimate of drug-likeness (QED) is 0.891. The molecule has 0 aliphatic heterocycles. The van der Waals surface area contributed by atoms with Crippen LogP contribution in [0.2, 0.25) is 0 Å². The van der Waals surface area contributed by atoms with Gasteiger partial charge in [0.15, 0.2) is 0 Å². The summed E-state index contributed by atoms with van der Waals surface area (Å²) in [7, 11) is 0. The molecule has 1 amide bonds. The van der Waals surface area contributed by atoms with Gasteiger partial charge < -0.3 is 5.32 Å². The molecule has 0 radical (unpaired) electrons. The maximum Gasteiger partial charge on any atom is 0.261 e. The molecule has 1 atom stereocenters. The normalized spacial score (nSPS) is 23.3. The van der Waals surface area contributed by atoms with E-state index in [1.54, 1.807) is 11.3 Å². The van der Waals surface area contributed by atoms with Gasteiger partial charge in [-0.3, -0.25) is 4.79 Å². The smallest absolute Gasteiger partial charge is 0.261 e. The molecular formula is C16H23NOS. The highest BCUT2D eigenvalue weighted by atomic mass is 32.1.